The fraction of sp³-hybridized carbons (Fsp3) is 0.895. The smallest absolute Gasteiger partial charge is 0.192 e. The molecule has 0 aromatic rings. The van der Waals surface area contributed by atoms with E-state index in [2.05, 4.69) is 18.2 Å². The van der Waals surface area contributed by atoms with Gasteiger partial charge in [0.15, 0.2) is 5.78 Å². The van der Waals surface area contributed by atoms with Crippen molar-refractivity contribution in [2.45, 2.75) is 109 Å². The van der Waals surface area contributed by atoms with Crippen molar-refractivity contribution in [3.63, 3.8) is 0 Å². The van der Waals surface area contributed by atoms with Gasteiger partial charge >= 0.3 is 0 Å². The largest absolute Gasteiger partial charge is 0.291 e. The van der Waals surface area contributed by atoms with Crippen LogP contribution in [-0.4, -0.2) is 16.7 Å². The molecule has 1 aliphatic heterocycles. The van der Waals surface area contributed by atoms with Crippen molar-refractivity contribution in [3.8, 4) is 0 Å². The van der Waals surface area contributed by atoms with Gasteiger partial charge in [0.1, 0.15) is 0 Å². The van der Waals surface area contributed by atoms with Crippen LogP contribution < -0.4 is 0 Å². The predicted octanol–water partition coefficient (Wildman–Crippen LogP) is 6.53. The standard InChI is InChI=1S/C19H35NOS/c1-3-5-7-9-11-13-15-17-19(21)18(22-20-17)16-14-12-10-8-6-4-2/h18H,3-16H2,1-2H3. The van der Waals surface area contributed by atoms with Gasteiger partial charge in [0, 0.05) is 0 Å². The van der Waals surface area contributed by atoms with E-state index in [9.17, 15) is 4.79 Å². The summed E-state index contributed by atoms with van der Waals surface area (Å²) in [5, 5.41) is 0.140. The van der Waals surface area contributed by atoms with Crippen LogP contribution in [0.4, 0.5) is 0 Å². The summed E-state index contributed by atoms with van der Waals surface area (Å²) in [5.74, 6) is 0.340. The minimum atomic E-state index is 0.140. The minimum absolute atomic E-state index is 0.140. The zero-order chi connectivity index (χ0) is 16.0. The molecule has 22 heavy (non-hydrogen) atoms. The van der Waals surface area contributed by atoms with E-state index >= 15 is 0 Å². The zero-order valence-electron chi connectivity index (χ0n) is 14.7. The van der Waals surface area contributed by atoms with Gasteiger partial charge in [-0.3, -0.25) is 4.79 Å². The SMILES string of the molecule is CCCCCCCCC1=NSC(CCCCCCCC)C1=O. The predicted molar refractivity (Wildman–Crippen MR) is 99.8 cm³/mol. The lowest BCUT2D eigenvalue weighted by molar-refractivity contribution is -0.112. The van der Waals surface area contributed by atoms with Crippen LogP contribution in [0.15, 0.2) is 4.40 Å². The van der Waals surface area contributed by atoms with Gasteiger partial charge in [0.2, 0.25) is 0 Å². The van der Waals surface area contributed by atoms with Crippen LogP contribution in [0, 0.1) is 0 Å². The van der Waals surface area contributed by atoms with Crippen molar-refractivity contribution in [1.82, 2.24) is 0 Å². The molecule has 1 atom stereocenters. The monoisotopic (exact) mass is 325 g/mol. The number of nitrogens with zero attached hydrogens (tertiary/aromatic N) is 1. The summed E-state index contributed by atoms with van der Waals surface area (Å²) in [7, 11) is 0. The Morgan fingerprint density at radius 2 is 1.36 bits per heavy atom. The normalized spacial score (nSPS) is 18.0. The number of hydrogen-bond acceptors (Lipinski definition) is 3. The van der Waals surface area contributed by atoms with Crippen LogP contribution in [0.3, 0.4) is 0 Å². The van der Waals surface area contributed by atoms with E-state index in [4.69, 9.17) is 0 Å². The van der Waals surface area contributed by atoms with Gasteiger partial charge in [0.25, 0.3) is 0 Å². The van der Waals surface area contributed by atoms with Crippen molar-refractivity contribution in [1.29, 1.82) is 0 Å². The Morgan fingerprint density at radius 3 is 2.00 bits per heavy atom. The molecule has 0 bridgehead atoms. The van der Waals surface area contributed by atoms with Crippen molar-refractivity contribution in [3.05, 3.63) is 0 Å². The fourth-order valence-electron chi connectivity index (χ4n) is 2.94. The molecule has 1 unspecified atom stereocenters. The Morgan fingerprint density at radius 1 is 0.818 bits per heavy atom. The highest BCUT2D eigenvalue weighted by atomic mass is 32.2. The Kier molecular flexibility index (Phi) is 11.8. The Balaban J connectivity index is 2.03. The first-order valence-corrected chi connectivity index (χ1v) is 10.4. The number of carbonyl (C=O) groups excluding carboxylic acids is 1. The number of carbonyl (C=O) groups is 1. The second kappa shape index (κ2) is 13.2. The van der Waals surface area contributed by atoms with E-state index < -0.39 is 0 Å². The molecular weight excluding hydrogens is 290 g/mol. The van der Waals surface area contributed by atoms with Crippen LogP contribution in [0.2, 0.25) is 0 Å². The lowest BCUT2D eigenvalue weighted by atomic mass is 10.0. The van der Waals surface area contributed by atoms with Gasteiger partial charge in [-0.2, -0.15) is 0 Å². The molecule has 0 saturated carbocycles. The second-order valence-corrected chi connectivity index (χ2v) is 7.53. The van der Waals surface area contributed by atoms with E-state index in [1.165, 1.54) is 82.6 Å². The molecule has 0 aromatic carbocycles. The molecule has 1 aliphatic rings. The van der Waals surface area contributed by atoms with Gasteiger partial charge in [-0.15, -0.1) is 0 Å². The number of ketones is 1. The molecule has 0 aliphatic carbocycles. The first-order chi connectivity index (χ1) is 10.8. The third-order valence-corrected chi connectivity index (χ3v) is 5.48. The Labute approximate surface area is 142 Å². The molecule has 0 radical (unpaired) electrons. The van der Waals surface area contributed by atoms with E-state index in [0.29, 0.717) is 5.78 Å². The molecule has 1 rings (SSSR count). The number of hydrogen-bond donors (Lipinski definition) is 0. The van der Waals surface area contributed by atoms with Crippen LogP contribution in [0.1, 0.15) is 104 Å². The van der Waals surface area contributed by atoms with Crippen molar-refractivity contribution in [2.24, 2.45) is 4.40 Å². The molecule has 0 amide bonds. The zero-order valence-corrected chi connectivity index (χ0v) is 15.6. The number of Topliss-reactive ketones (excluding diaryl/α,β-unsaturated/α-hetero) is 1. The molecule has 0 spiro atoms. The summed E-state index contributed by atoms with van der Waals surface area (Å²) in [6.45, 7) is 4.49. The number of rotatable bonds is 14. The van der Waals surface area contributed by atoms with Crippen LogP contribution >= 0.6 is 11.9 Å². The van der Waals surface area contributed by atoms with E-state index in [0.717, 1.165) is 25.0 Å². The Hall–Kier alpha value is -0.310. The maximum atomic E-state index is 12.3. The maximum absolute atomic E-state index is 12.3. The van der Waals surface area contributed by atoms with Crippen LogP contribution in [0.5, 0.6) is 0 Å². The highest BCUT2D eigenvalue weighted by molar-refractivity contribution is 8.00. The highest BCUT2D eigenvalue weighted by Crippen LogP contribution is 2.28. The van der Waals surface area contributed by atoms with Crippen molar-refractivity contribution >= 4 is 23.4 Å². The summed E-state index contributed by atoms with van der Waals surface area (Å²) in [6, 6.07) is 0. The third kappa shape index (κ3) is 8.36. The molecule has 0 N–H and O–H groups in total. The third-order valence-electron chi connectivity index (χ3n) is 4.45. The molecule has 128 valence electrons. The minimum Gasteiger partial charge on any atom is -0.291 e. The molecule has 0 aromatic heterocycles. The van der Waals surface area contributed by atoms with E-state index in [1.807, 2.05) is 0 Å². The Bertz CT molecular complexity index is 327. The molecule has 0 saturated heterocycles. The first-order valence-electron chi connectivity index (χ1n) is 9.56. The van der Waals surface area contributed by atoms with Crippen molar-refractivity contribution < 1.29 is 4.79 Å². The van der Waals surface area contributed by atoms with Gasteiger partial charge in [-0.05, 0) is 31.2 Å². The van der Waals surface area contributed by atoms with Gasteiger partial charge < -0.3 is 0 Å². The number of unbranched alkanes of at least 4 members (excludes halogenated alkanes) is 10. The molecule has 1 heterocycles. The summed E-state index contributed by atoms with van der Waals surface area (Å²) < 4.78 is 4.44. The van der Waals surface area contributed by atoms with Gasteiger partial charge in [-0.1, -0.05) is 84.5 Å². The van der Waals surface area contributed by atoms with Crippen LogP contribution in [-0.2, 0) is 4.79 Å². The van der Waals surface area contributed by atoms with Crippen LogP contribution in [0.25, 0.3) is 0 Å². The quantitative estimate of drug-likeness (QED) is 0.268. The van der Waals surface area contributed by atoms with Gasteiger partial charge in [0.05, 0.1) is 11.0 Å². The average Bonchev–Trinajstić information content (AvgIpc) is 2.87. The van der Waals surface area contributed by atoms with E-state index in [1.54, 1.807) is 0 Å². The van der Waals surface area contributed by atoms with E-state index in [-0.39, 0.29) is 5.25 Å². The second-order valence-electron chi connectivity index (χ2n) is 6.57. The maximum Gasteiger partial charge on any atom is 0.192 e. The fourth-order valence-corrected chi connectivity index (χ4v) is 3.88. The molecule has 0 fully saturated rings. The summed E-state index contributed by atoms with van der Waals surface area (Å²) in [5.41, 5.74) is 0.872. The molecule has 2 nitrogen and oxygen atoms in total. The topological polar surface area (TPSA) is 29.4 Å². The molecule has 3 heteroatoms. The first kappa shape index (κ1) is 19.7. The summed E-state index contributed by atoms with van der Waals surface area (Å²) in [4.78, 5) is 12.3. The molecular formula is C19H35NOS. The highest BCUT2D eigenvalue weighted by Gasteiger charge is 2.29. The lowest BCUT2D eigenvalue weighted by Crippen LogP contribution is -2.20. The summed E-state index contributed by atoms with van der Waals surface area (Å²) in [6.07, 6.45) is 17.4. The van der Waals surface area contributed by atoms with Gasteiger partial charge in [-0.25, -0.2) is 4.40 Å². The summed E-state index contributed by atoms with van der Waals surface area (Å²) >= 11 is 1.54. The van der Waals surface area contributed by atoms with Crippen molar-refractivity contribution in [2.75, 3.05) is 0 Å². The average molecular weight is 326 g/mol. The lowest BCUT2D eigenvalue weighted by Gasteiger charge is -2.06.